The number of nitro groups is 1. The average molecular weight is 256 g/mol. The van der Waals surface area contributed by atoms with Crippen LogP contribution in [0.1, 0.15) is 19.4 Å². The average Bonchev–Trinajstić information content (AvgIpc) is 2.27. The number of non-ortho nitro benzene ring substituents is 1. The van der Waals surface area contributed by atoms with Gasteiger partial charge in [0.15, 0.2) is 0 Å². The Balaban J connectivity index is 3.21. The third kappa shape index (κ3) is 3.54. The molecule has 0 atom stereocenters. The predicted molar refractivity (Wildman–Crippen MR) is 68.0 cm³/mol. The van der Waals surface area contributed by atoms with Crippen molar-refractivity contribution in [3.8, 4) is 0 Å². The Morgan fingerprint density at radius 3 is 2.71 bits per heavy atom. The minimum absolute atomic E-state index is 0.0123. The molecule has 0 amide bonds. The van der Waals surface area contributed by atoms with E-state index in [1.807, 2.05) is 13.8 Å². The summed E-state index contributed by atoms with van der Waals surface area (Å²) in [5.41, 5.74) is 1.33. The number of hydrogen-bond acceptors (Lipinski definition) is 3. The van der Waals surface area contributed by atoms with Crippen LogP contribution in [0.4, 0.5) is 5.69 Å². The Kier molecular flexibility index (Phi) is 4.66. The first-order chi connectivity index (χ1) is 7.95. The standard InChI is InChI=1S/C12H14ClNO3/c1-8(2)10(7-15)5-9-6-11(14(16)17)3-4-12(9)13/h3-6,8,15H,7H2,1-2H3. The maximum Gasteiger partial charge on any atom is 0.270 e. The zero-order chi connectivity index (χ0) is 13.0. The minimum atomic E-state index is -0.471. The summed E-state index contributed by atoms with van der Waals surface area (Å²) < 4.78 is 0. The maximum absolute atomic E-state index is 10.6. The lowest BCUT2D eigenvalue weighted by Crippen LogP contribution is -1.99. The lowest BCUT2D eigenvalue weighted by atomic mass is 10.0. The molecule has 0 saturated heterocycles. The Morgan fingerprint density at radius 2 is 2.24 bits per heavy atom. The molecule has 4 nitrogen and oxygen atoms in total. The third-order valence-electron chi connectivity index (χ3n) is 2.46. The van der Waals surface area contributed by atoms with E-state index in [9.17, 15) is 15.2 Å². The summed E-state index contributed by atoms with van der Waals surface area (Å²) in [6.07, 6.45) is 1.69. The molecule has 0 spiro atoms. The lowest BCUT2D eigenvalue weighted by Gasteiger charge is -2.08. The molecule has 0 aliphatic rings. The fourth-order valence-electron chi connectivity index (χ4n) is 1.35. The van der Waals surface area contributed by atoms with Crippen LogP contribution in [0.2, 0.25) is 5.02 Å². The highest BCUT2D eigenvalue weighted by Crippen LogP contribution is 2.25. The van der Waals surface area contributed by atoms with E-state index in [0.29, 0.717) is 10.6 Å². The number of halogens is 1. The monoisotopic (exact) mass is 255 g/mol. The van der Waals surface area contributed by atoms with Gasteiger partial charge in [0.25, 0.3) is 5.69 Å². The highest BCUT2D eigenvalue weighted by atomic mass is 35.5. The molecule has 0 radical (unpaired) electrons. The second-order valence-electron chi connectivity index (χ2n) is 3.99. The normalized spacial score (nSPS) is 11.9. The highest BCUT2D eigenvalue weighted by molar-refractivity contribution is 6.32. The van der Waals surface area contributed by atoms with Crippen LogP contribution < -0.4 is 0 Å². The fraction of sp³-hybridized carbons (Fsp3) is 0.333. The molecule has 0 unspecified atom stereocenters. The van der Waals surface area contributed by atoms with Crippen molar-refractivity contribution in [3.63, 3.8) is 0 Å². The van der Waals surface area contributed by atoms with E-state index in [0.717, 1.165) is 5.57 Å². The molecule has 0 fully saturated rings. The van der Waals surface area contributed by atoms with Crippen LogP contribution >= 0.6 is 11.6 Å². The molecule has 1 rings (SSSR count). The summed E-state index contributed by atoms with van der Waals surface area (Å²) in [7, 11) is 0. The van der Waals surface area contributed by atoms with Gasteiger partial charge in [-0.2, -0.15) is 0 Å². The van der Waals surface area contributed by atoms with Gasteiger partial charge in [-0.25, -0.2) is 0 Å². The van der Waals surface area contributed by atoms with Crippen molar-refractivity contribution in [2.75, 3.05) is 6.61 Å². The molecule has 0 saturated carbocycles. The fourth-order valence-corrected chi connectivity index (χ4v) is 1.52. The zero-order valence-corrected chi connectivity index (χ0v) is 10.4. The molecule has 0 aromatic heterocycles. The Morgan fingerprint density at radius 1 is 1.59 bits per heavy atom. The van der Waals surface area contributed by atoms with Crippen molar-refractivity contribution in [1.82, 2.24) is 0 Å². The molecule has 1 aromatic rings. The molecule has 1 N–H and O–H groups in total. The molecular weight excluding hydrogens is 242 g/mol. The van der Waals surface area contributed by atoms with Gasteiger partial charge in [0.1, 0.15) is 0 Å². The van der Waals surface area contributed by atoms with Gasteiger partial charge >= 0.3 is 0 Å². The van der Waals surface area contributed by atoms with E-state index in [1.165, 1.54) is 18.2 Å². The van der Waals surface area contributed by atoms with Gasteiger partial charge in [-0.15, -0.1) is 0 Å². The van der Waals surface area contributed by atoms with E-state index < -0.39 is 4.92 Å². The van der Waals surface area contributed by atoms with Crippen LogP contribution in [0.15, 0.2) is 23.8 Å². The summed E-state index contributed by atoms with van der Waals surface area (Å²) in [5, 5.41) is 20.3. The van der Waals surface area contributed by atoms with Gasteiger partial charge in [0.2, 0.25) is 0 Å². The van der Waals surface area contributed by atoms with Gasteiger partial charge in [-0.3, -0.25) is 10.1 Å². The van der Waals surface area contributed by atoms with E-state index in [4.69, 9.17) is 11.6 Å². The predicted octanol–water partition coefficient (Wildman–Crippen LogP) is 3.28. The van der Waals surface area contributed by atoms with Crippen molar-refractivity contribution >= 4 is 23.4 Å². The molecule has 17 heavy (non-hydrogen) atoms. The van der Waals surface area contributed by atoms with Crippen LogP contribution in [-0.2, 0) is 0 Å². The van der Waals surface area contributed by atoms with E-state index in [1.54, 1.807) is 6.08 Å². The molecule has 0 bridgehead atoms. The molecule has 5 heteroatoms. The van der Waals surface area contributed by atoms with Crippen molar-refractivity contribution in [2.24, 2.45) is 5.92 Å². The summed E-state index contributed by atoms with van der Waals surface area (Å²) in [6, 6.07) is 4.24. The third-order valence-corrected chi connectivity index (χ3v) is 2.80. The molecule has 0 aliphatic carbocycles. The van der Waals surface area contributed by atoms with Crippen LogP contribution in [0.5, 0.6) is 0 Å². The van der Waals surface area contributed by atoms with Crippen molar-refractivity contribution in [2.45, 2.75) is 13.8 Å². The Hall–Kier alpha value is -1.39. The largest absolute Gasteiger partial charge is 0.392 e. The van der Waals surface area contributed by atoms with E-state index in [-0.39, 0.29) is 18.2 Å². The Labute approximate surface area is 105 Å². The molecule has 1 aromatic carbocycles. The number of rotatable bonds is 4. The van der Waals surface area contributed by atoms with E-state index >= 15 is 0 Å². The smallest absolute Gasteiger partial charge is 0.270 e. The summed E-state index contributed by atoms with van der Waals surface area (Å²) in [4.78, 5) is 10.2. The first kappa shape index (κ1) is 13.7. The highest BCUT2D eigenvalue weighted by Gasteiger charge is 2.10. The SMILES string of the molecule is CC(C)C(=Cc1cc([N+](=O)[O-])ccc1Cl)CO. The number of aliphatic hydroxyl groups is 1. The van der Waals surface area contributed by atoms with Crippen molar-refractivity contribution in [3.05, 3.63) is 44.5 Å². The number of hydrogen-bond donors (Lipinski definition) is 1. The van der Waals surface area contributed by atoms with Crippen LogP contribution in [0.25, 0.3) is 6.08 Å². The van der Waals surface area contributed by atoms with Gasteiger partial charge in [-0.05, 0) is 23.1 Å². The molecule has 0 heterocycles. The summed E-state index contributed by atoms with van der Waals surface area (Å²) in [6.45, 7) is 3.79. The minimum Gasteiger partial charge on any atom is -0.392 e. The van der Waals surface area contributed by atoms with Crippen molar-refractivity contribution in [1.29, 1.82) is 0 Å². The van der Waals surface area contributed by atoms with Crippen LogP contribution in [0, 0.1) is 16.0 Å². The second-order valence-corrected chi connectivity index (χ2v) is 4.40. The number of nitro benzene ring substituents is 1. The first-order valence-electron chi connectivity index (χ1n) is 5.21. The number of benzene rings is 1. The summed E-state index contributed by atoms with van der Waals surface area (Å²) in [5.74, 6) is 0.162. The first-order valence-corrected chi connectivity index (χ1v) is 5.58. The Bertz CT molecular complexity index is 455. The molecular formula is C12H14ClNO3. The van der Waals surface area contributed by atoms with Crippen LogP contribution in [-0.4, -0.2) is 16.6 Å². The van der Waals surface area contributed by atoms with Gasteiger partial charge in [-0.1, -0.05) is 31.5 Å². The van der Waals surface area contributed by atoms with Crippen LogP contribution in [0.3, 0.4) is 0 Å². The molecule has 92 valence electrons. The van der Waals surface area contributed by atoms with Crippen molar-refractivity contribution < 1.29 is 10.0 Å². The number of aliphatic hydroxyl groups excluding tert-OH is 1. The second kappa shape index (κ2) is 5.80. The van der Waals surface area contributed by atoms with Gasteiger partial charge < -0.3 is 5.11 Å². The van der Waals surface area contributed by atoms with Gasteiger partial charge in [0.05, 0.1) is 11.5 Å². The maximum atomic E-state index is 10.6. The topological polar surface area (TPSA) is 63.4 Å². The number of nitrogens with zero attached hydrogens (tertiary/aromatic N) is 1. The lowest BCUT2D eigenvalue weighted by molar-refractivity contribution is -0.384. The zero-order valence-electron chi connectivity index (χ0n) is 9.68. The van der Waals surface area contributed by atoms with Gasteiger partial charge in [0, 0.05) is 17.2 Å². The van der Waals surface area contributed by atoms with E-state index in [2.05, 4.69) is 0 Å². The molecule has 0 aliphatic heterocycles. The quantitative estimate of drug-likeness (QED) is 0.663. The summed E-state index contributed by atoms with van der Waals surface area (Å²) >= 11 is 5.96.